The molecule has 0 aromatic heterocycles. The van der Waals surface area contributed by atoms with Gasteiger partial charge in [0.2, 0.25) is 5.91 Å². The van der Waals surface area contributed by atoms with Gasteiger partial charge < -0.3 is 15.8 Å². The Morgan fingerprint density at radius 2 is 2.00 bits per heavy atom. The van der Waals surface area contributed by atoms with Crippen LogP contribution in [0.1, 0.15) is 55.8 Å². The van der Waals surface area contributed by atoms with Crippen LogP contribution in [-0.2, 0) is 4.79 Å². The summed E-state index contributed by atoms with van der Waals surface area (Å²) in [5, 5.41) is 3.10. The second-order valence-electron chi connectivity index (χ2n) is 6.28. The van der Waals surface area contributed by atoms with Gasteiger partial charge in [0.1, 0.15) is 5.75 Å². The lowest BCUT2D eigenvalue weighted by Crippen LogP contribution is -2.51. The normalized spacial score (nSPS) is 15.4. The van der Waals surface area contributed by atoms with Crippen LogP contribution in [0.4, 0.5) is 0 Å². The largest absolute Gasteiger partial charge is 0.494 e. The number of carbonyl (C=O) groups excluding carboxylic acids is 2. The van der Waals surface area contributed by atoms with Gasteiger partial charge in [-0.15, -0.1) is 12.4 Å². The summed E-state index contributed by atoms with van der Waals surface area (Å²) in [4.78, 5) is 23.4. The third-order valence-electron chi connectivity index (χ3n) is 4.41. The lowest BCUT2D eigenvalue weighted by Gasteiger charge is -2.28. The molecule has 0 spiro atoms. The van der Waals surface area contributed by atoms with Crippen molar-refractivity contribution in [2.75, 3.05) is 13.2 Å². The first-order valence-electron chi connectivity index (χ1n) is 8.29. The van der Waals surface area contributed by atoms with E-state index in [1.165, 1.54) is 6.92 Å². The molecule has 2 rings (SSSR count). The summed E-state index contributed by atoms with van der Waals surface area (Å²) < 4.78 is 5.61. The maximum atomic E-state index is 12.1. The van der Waals surface area contributed by atoms with Gasteiger partial charge in [-0.05, 0) is 38.3 Å². The summed E-state index contributed by atoms with van der Waals surface area (Å²) in [5.41, 5.74) is 6.26. The number of hydrogen-bond donors (Lipinski definition) is 2. The molecule has 1 aromatic carbocycles. The van der Waals surface area contributed by atoms with Gasteiger partial charge in [0.25, 0.3) is 0 Å². The van der Waals surface area contributed by atoms with E-state index in [0.29, 0.717) is 37.3 Å². The minimum atomic E-state index is -0.187. The predicted octanol–water partition coefficient (Wildman–Crippen LogP) is 2.86. The summed E-state index contributed by atoms with van der Waals surface area (Å²) in [7, 11) is 0. The number of nitrogens with one attached hydrogen (secondary N) is 1. The van der Waals surface area contributed by atoms with E-state index in [4.69, 9.17) is 10.5 Å². The van der Waals surface area contributed by atoms with E-state index in [1.54, 1.807) is 18.2 Å². The molecule has 1 aromatic rings. The molecule has 6 heteroatoms. The van der Waals surface area contributed by atoms with Gasteiger partial charge in [0, 0.05) is 18.5 Å². The molecule has 1 saturated carbocycles. The molecule has 3 N–H and O–H groups in total. The molecule has 0 aliphatic heterocycles. The summed E-state index contributed by atoms with van der Waals surface area (Å²) in [6.07, 6.45) is 5.28. The third-order valence-corrected chi connectivity index (χ3v) is 4.41. The zero-order valence-electron chi connectivity index (χ0n) is 14.2. The molecule has 1 amide bonds. The van der Waals surface area contributed by atoms with Crippen molar-refractivity contribution in [1.82, 2.24) is 5.32 Å². The van der Waals surface area contributed by atoms with E-state index in [-0.39, 0.29) is 29.6 Å². The van der Waals surface area contributed by atoms with Gasteiger partial charge >= 0.3 is 0 Å². The van der Waals surface area contributed by atoms with Crippen LogP contribution in [0.5, 0.6) is 5.75 Å². The Kier molecular flexibility index (Phi) is 8.22. The fourth-order valence-corrected chi connectivity index (χ4v) is 3.02. The van der Waals surface area contributed by atoms with E-state index in [2.05, 4.69) is 5.32 Å². The van der Waals surface area contributed by atoms with E-state index >= 15 is 0 Å². The first-order valence-corrected chi connectivity index (χ1v) is 8.29. The van der Waals surface area contributed by atoms with Crippen LogP contribution in [0.3, 0.4) is 0 Å². The highest BCUT2D eigenvalue weighted by molar-refractivity contribution is 5.94. The Morgan fingerprint density at radius 3 is 2.62 bits per heavy atom. The molecule has 0 bridgehead atoms. The smallest absolute Gasteiger partial charge is 0.220 e. The summed E-state index contributed by atoms with van der Waals surface area (Å²) in [6, 6.07) is 7.10. The molecule has 1 aliphatic rings. The number of nitrogens with two attached hydrogens (primary N) is 1. The van der Waals surface area contributed by atoms with Crippen molar-refractivity contribution in [2.24, 2.45) is 5.73 Å². The van der Waals surface area contributed by atoms with Crippen molar-refractivity contribution in [1.29, 1.82) is 0 Å². The standard InChI is InChI=1S/C18H26N2O3.ClH/c1-14(21)15-6-4-7-16(12-15)23-11-5-8-17(22)20-18(13-19)9-2-3-10-18;/h4,6-7,12H,2-3,5,8-11,13,19H2,1H3,(H,20,22);1H. The zero-order valence-corrected chi connectivity index (χ0v) is 15.0. The molecule has 24 heavy (non-hydrogen) atoms. The molecule has 0 heterocycles. The summed E-state index contributed by atoms with van der Waals surface area (Å²) >= 11 is 0. The molecule has 5 nitrogen and oxygen atoms in total. The predicted molar refractivity (Wildman–Crippen MR) is 96.8 cm³/mol. The monoisotopic (exact) mass is 354 g/mol. The molecular weight excluding hydrogens is 328 g/mol. The fourth-order valence-electron chi connectivity index (χ4n) is 3.02. The number of ketones is 1. The van der Waals surface area contributed by atoms with E-state index < -0.39 is 0 Å². The second-order valence-corrected chi connectivity index (χ2v) is 6.28. The second kappa shape index (κ2) is 9.64. The number of halogens is 1. The molecule has 0 radical (unpaired) electrons. The van der Waals surface area contributed by atoms with Crippen molar-refractivity contribution in [2.45, 2.75) is 51.0 Å². The quantitative estimate of drug-likeness (QED) is 0.555. The van der Waals surface area contributed by atoms with Crippen LogP contribution in [-0.4, -0.2) is 30.4 Å². The maximum Gasteiger partial charge on any atom is 0.220 e. The summed E-state index contributed by atoms with van der Waals surface area (Å²) in [5.74, 6) is 0.712. The van der Waals surface area contributed by atoms with Crippen LogP contribution in [0.25, 0.3) is 0 Å². The molecule has 1 aliphatic carbocycles. The Morgan fingerprint density at radius 1 is 1.29 bits per heavy atom. The molecule has 1 fully saturated rings. The highest BCUT2D eigenvalue weighted by Gasteiger charge is 2.33. The highest BCUT2D eigenvalue weighted by Crippen LogP contribution is 2.28. The van der Waals surface area contributed by atoms with E-state index in [1.807, 2.05) is 6.07 Å². The van der Waals surface area contributed by atoms with Crippen molar-refractivity contribution >= 4 is 24.1 Å². The average Bonchev–Trinajstić information content (AvgIpc) is 3.01. The highest BCUT2D eigenvalue weighted by atomic mass is 35.5. The van der Waals surface area contributed by atoms with Gasteiger partial charge in [-0.25, -0.2) is 0 Å². The SMILES string of the molecule is CC(=O)c1cccc(OCCCC(=O)NC2(CN)CCCC2)c1.Cl. The Bertz CT molecular complexity index is 557. The van der Waals surface area contributed by atoms with Crippen molar-refractivity contribution in [3.05, 3.63) is 29.8 Å². The zero-order chi connectivity index (χ0) is 16.7. The molecule has 0 atom stereocenters. The third kappa shape index (κ3) is 5.80. The average molecular weight is 355 g/mol. The van der Waals surface area contributed by atoms with E-state index in [9.17, 15) is 9.59 Å². The number of amides is 1. The molecule has 134 valence electrons. The number of ether oxygens (including phenoxy) is 1. The van der Waals surface area contributed by atoms with Crippen LogP contribution < -0.4 is 15.8 Å². The van der Waals surface area contributed by atoms with Gasteiger partial charge in [-0.3, -0.25) is 9.59 Å². The number of carbonyl (C=O) groups is 2. The molecule has 0 unspecified atom stereocenters. The van der Waals surface area contributed by atoms with E-state index in [0.717, 1.165) is 25.7 Å². The van der Waals surface area contributed by atoms with Crippen LogP contribution in [0, 0.1) is 0 Å². The molecular formula is C18H27ClN2O3. The van der Waals surface area contributed by atoms with Gasteiger partial charge in [0.05, 0.1) is 12.1 Å². The Hall–Kier alpha value is -1.59. The maximum absolute atomic E-state index is 12.1. The Balaban J connectivity index is 0.00000288. The van der Waals surface area contributed by atoms with Gasteiger partial charge in [-0.2, -0.15) is 0 Å². The number of Topliss-reactive ketones (excluding diaryl/α,β-unsaturated/α-hetero) is 1. The summed E-state index contributed by atoms with van der Waals surface area (Å²) in [6.45, 7) is 2.48. The number of rotatable bonds is 8. The minimum Gasteiger partial charge on any atom is -0.494 e. The minimum absolute atomic E-state index is 0. The van der Waals surface area contributed by atoms with Gasteiger partial charge in [0.15, 0.2) is 5.78 Å². The molecule has 0 saturated heterocycles. The number of hydrogen-bond acceptors (Lipinski definition) is 4. The topological polar surface area (TPSA) is 81.4 Å². The van der Waals surface area contributed by atoms with Crippen molar-refractivity contribution in [3.63, 3.8) is 0 Å². The Labute approximate surface area is 149 Å². The van der Waals surface area contributed by atoms with Crippen LogP contribution in [0.2, 0.25) is 0 Å². The number of benzene rings is 1. The van der Waals surface area contributed by atoms with Crippen LogP contribution >= 0.6 is 12.4 Å². The van der Waals surface area contributed by atoms with Crippen molar-refractivity contribution in [3.8, 4) is 5.75 Å². The lowest BCUT2D eigenvalue weighted by molar-refractivity contribution is -0.123. The first kappa shape index (κ1) is 20.5. The van der Waals surface area contributed by atoms with Crippen molar-refractivity contribution < 1.29 is 14.3 Å². The first-order chi connectivity index (χ1) is 11.0. The fraction of sp³-hybridized carbons (Fsp3) is 0.556. The van der Waals surface area contributed by atoms with Gasteiger partial charge in [-0.1, -0.05) is 25.0 Å². The lowest BCUT2D eigenvalue weighted by atomic mass is 9.97. The van der Waals surface area contributed by atoms with Crippen LogP contribution in [0.15, 0.2) is 24.3 Å².